The maximum absolute atomic E-state index is 13.7. The Labute approximate surface area is 220 Å². The van der Waals surface area contributed by atoms with Crippen LogP contribution in [0.5, 0.6) is 5.75 Å². The molecule has 3 aliphatic rings. The predicted molar refractivity (Wildman–Crippen MR) is 142 cm³/mol. The van der Waals surface area contributed by atoms with E-state index in [0.717, 1.165) is 46.8 Å². The molecule has 0 bridgehead atoms. The second-order valence-electron chi connectivity index (χ2n) is 10.1. The Bertz CT molecular complexity index is 1400. The number of methoxy groups -OCH3 is 1. The monoisotopic (exact) mass is 520 g/mol. The van der Waals surface area contributed by atoms with Crippen LogP contribution in [0.1, 0.15) is 49.7 Å². The smallest absolute Gasteiger partial charge is 0.190 e. The molecule has 0 spiro atoms. The number of nitrogens with two attached hydrogens (primary N) is 1. The van der Waals surface area contributed by atoms with E-state index in [4.69, 9.17) is 27.1 Å². The van der Waals surface area contributed by atoms with Gasteiger partial charge in [0.2, 0.25) is 0 Å². The summed E-state index contributed by atoms with van der Waals surface area (Å²) in [6.45, 7) is 2.17. The third-order valence-corrected chi connectivity index (χ3v) is 7.86. The van der Waals surface area contributed by atoms with Crippen molar-refractivity contribution in [2.45, 2.75) is 50.4 Å². The summed E-state index contributed by atoms with van der Waals surface area (Å²) in [5, 5.41) is 7.54. The number of rotatable bonds is 6. The fourth-order valence-corrected chi connectivity index (χ4v) is 5.58. The number of allylic oxidation sites excluding steroid dienone is 1. The standard InChI is InChI=1S/C28H30ClFN6O/c1-16(17-3-4-17)33-27-22-11-10-21(18-5-8-20(30)9-6-18)26(22)34-28(31,35-27)19-7-12-23(24(13-19)37-2)36-14-25(29)32-15-36/h5-9,12-17,21,34H,3-4,10-11,31H2,1-2H3,(H,33,35)/t16-,21?,28?/m1/s1. The zero-order valence-electron chi connectivity index (χ0n) is 20.8. The van der Waals surface area contributed by atoms with Gasteiger partial charge < -0.3 is 19.9 Å². The Hall–Kier alpha value is -3.36. The minimum Gasteiger partial charge on any atom is -0.495 e. The summed E-state index contributed by atoms with van der Waals surface area (Å²) in [5.41, 5.74) is 11.9. The first-order chi connectivity index (χ1) is 17.8. The summed E-state index contributed by atoms with van der Waals surface area (Å²) < 4.78 is 21.2. The van der Waals surface area contributed by atoms with Gasteiger partial charge in [-0.2, -0.15) is 0 Å². The van der Waals surface area contributed by atoms with Gasteiger partial charge in [-0.05, 0) is 68.4 Å². The van der Waals surface area contributed by atoms with E-state index >= 15 is 0 Å². The van der Waals surface area contributed by atoms with Crippen LogP contribution in [-0.2, 0) is 5.79 Å². The first-order valence-corrected chi connectivity index (χ1v) is 13.0. The number of aromatic nitrogens is 2. The molecular formula is C28H30ClFN6O. The van der Waals surface area contributed by atoms with Gasteiger partial charge in [0.15, 0.2) is 5.79 Å². The van der Waals surface area contributed by atoms with E-state index in [0.29, 0.717) is 16.8 Å². The van der Waals surface area contributed by atoms with Crippen molar-refractivity contribution in [1.29, 1.82) is 0 Å². The number of imidazole rings is 1. The van der Waals surface area contributed by atoms with Crippen LogP contribution in [0.25, 0.3) is 5.69 Å². The Morgan fingerprint density at radius 2 is 1.97 bits per heavy atom. The molecule has 9 heteroatoms. The number of ether oxygens (including phenoxy) is 1. The second-order valence-corrected chi connectivity index (χ2v) is 10.5. The van der Waals surface area contributed by atoms with Crippen molar-refractivity contribution in [3.63, 3.8) is 0 Å². The van der Waals surface area contributed by atoms with Crippen LogP contribution in [0.4, 0.5) is 4.39 Å². The van der Waals surface area contributed by atoms with Gasteiger partial charge in [0.25, 0.3) is 0 Å². The molecule has 6 rings (SSSR count). The summed E-state index contributed by atoms with van der Waals surface area (Å²) in [7, 11) is 1.62. The lowest BCUT2D eigenvalue weighted by molar-refractivity contribution is 0.328. The van der Waals surface area contributed by atoms with Gasteiger partial charge in [-0.15, -0.1) is 0 Å². The number of aliphatic imine (C=N–C) groups is 1. The highest BCUT2D eigenvalue weighted by molar-refractivity contribution is 6.29. The number of hydrogen-bond donors (Lipinski definition) is 3. The minimum absolute atomic E-state index is 0.0799. The number of halogens is 2. The molecule has 4 N–H and O–H groups in total. The average Bonchev–Trinajstić information content (AvgIpc) is 3.53. The highest BCUT2D eigenvalue weighted by atomic mass is 35.5. The van der Waals surface area contributed by atoms with Crippen molar-refractivity contribution in [2.75, 3.05) is 7.11 Å². The van der Waals surface area contributed by atoms with Crippen molar-refractivity contribution in [1.82, 2.24) is 20.2 Å². The molecule has 192 valence electrons. The fraction of sp³-hybridized carbons (Fsp3) is 0.357. The molecule has 0 radical (unpaired) electrons. The summed E-state index contributed by atoms with van der Waals surface area (Å²) in [5.74, 6) is 0.805. The molecule has 1 saturated carbocycles. The molecule has 3 atom stereocenters. The highest BCUT2D eigenvalue weighted by Gasteiger charge is 2.42. The average molecular weight is 521 g/mol. The second kappa shape index (κ2) is 9.19. The molecule has 37 heavy (non-hydrogen) atoms. The molecular weight excluding hydrogens is 491 g/mol. The Kier molecular flexibility index (Phi) is 5.96. The van der Waals surface area contributed by atoms with Crippen LogP contribution in [0.2, 0.25) is 5.15 Å². The van der Waals surface area contributed by atoms with Crippen LogP contribution >= 0.6 is 11.6 Å². The van der Waals surface area contributed by atoms with E-state index in [1.807, 2.05) is 34.9 Å². The maximum atomic E-state index is 13.7. The molecule has 0 saturated heterocycles. The van der Waals surface area contributed by atoms with E-state index in [2.05, 4.69) is 22.5 Å². The quantitative estimate of drug-likeness (QED) is 0.427. The molecule has 7 nitrogen and oxygen atoms in total. The Morgan fingerprint density at radius 1 is 1.19 bits per heavy atom. The minimum atomic E-state index is -1.12. The Morgan fingerprint density at radius 3 is 2.65 bits per heavy atom. The van der Waals surface area contributed by atoms with Gasteiger partial charge in [0.05, 0.1) is 18.8 Å². The summed E-state index contributed by atoms with van der Waals surface area (Å²) in [6, 6.07) is 12.8. The van der Waals surface area contributed by atoms with Crippen molar-refractivity contribution in [2.24, 2.45) is 16.6 Å². The number of nitrogens with zero attached hydrogens (tertiary/aromatic N) is 3. The summed E-state index contributed by atoms with van der Waals surface area (Å²) in [6.07, 6.45) is 7.56. The zero-order chi connectivity index (χ0) is 25.7. The Balaban J connectivity index is 1.41. The zero-order valence-corrected chi connectivity index (χ0v) is 21.6. The van der Waals surface area contributed by atoms with Crippen molar-refractivity contribution in [3.8, 4) is 11.4 Å². The van der Waals surface area contributed by atoms with E-state index in [1.54, 1.807) is 19.6 Å². The molecule has 2 aromatic carbocycles. The third kappa shape index (κ3) is 4.49. The molecule has 1 fully saturated rings. The van der Waals surface area contributed by atoms with Crippen molar-refractivity contribution >= 4 is 17.4 Å². The van der Waals surface area contributed by atoms with Crippen molar-refractivity contribution < 1.29 is 9.13 Å². The van der Waals surface area contributed by atoms with E-state index in [9.17, 15) is 4.39 Å². The van der Waals surface area contributed by atoms with Crippen LogP contribution in [0.15, 0.2) is 71.3 Å². The summed E-state index contributed by atoms with van der Waals surface area (Å²) in [4.78, 5) is 9.23. The fourth-order valence-electron chi connectivity index (χ4n) is 5.43. The van der Waals surface area contributed by atoms with Gasteiger partial charge in [-0.3, -0.25) is 10.7 Å². The van der Waals surface area contributed by atoms with E-state index < -0.39 is 5.79 Å². The van der Waals surface area contributed by atoms with Gasteiger partial charge >= 0.3 is 0 Å². The summed E-state index contributed by atoms with van der Waals surface area (Å²) >= 11 is 6.04. The van der Waals surface area contributed by atoms with Gasteiger partial charge in [0, 0.05) is 28.9 Å². The first-order valence-electron chi connectivity index (χ1n) is 12.6. The van der Waals surface area contributed by atoms with Gasteiger partial charge in [-0.1, -0.05) is 29.8 Å². The molecule has 3 aromatic rings. The van der Waals surface area contributed by atoms with Crippen LogP contribution in [0, 0.1) is 11.7 Å². The first kappa shape index (κ1) is 24.0. The number of benzene rings is 2. The number of amidine groups is 1. The van der Waals surface area contributed by atoms with E-state index in [-0.39, 0.29) is 17.8 Å². The molecule has 2 aliphatic carbocycles. The molecule has 2 unspecified atom stereocenters. The lowest BCUT2D eigenvalue weighted by Gasteiger charge is -2.41. The highest BCUT2D eigenvalue weighted by Crippen LogP contribution is 2.43. The van der Waals surface area contributed by atoms with Gasteiger partial charge in [-0.25, -0.2) is 9.37 Å². The third-order valence-electron chi connectivity index (χ3n) is 7.66. The van der Waals surface area contributed by atoms with Crippen LogP contribution in [-0.4, -0.2) is 28.5 Å². The predicted octanol–water partition coefficient (Wildman–Crippen LogP) is 4.96. The number of hydrogen-bond acceptors (Lipinski definition) is 5. The lowest BCUT2D eigenvalue weighted by atomic mass is 9.94. The number of nitrogens with one attached hydrogen (secondary N) is 2. The topological polar surface area (TPSA) is 89.5 Å². The molecule has 1 aliphatic heterocycles. The van der Waals surface area contributed by atoms with Crippen LogP contribution in [0.3, 0.4) is 0 Å². The lowest BCUT2D eigenvalue weighted by Crippen LogP contribution is -2.65. The normalized spacial score (nSPS) is 25.0. The van der Waals surface area contributed by atoms with Crippen LogP contribution < -0.4 is 21.1 Å². The molecule has 2 heterocycles. The molecule has 0 amide bonds. The largest absolute Gasteiger partial charge is 0.495 e. The van der Waals surface area contributed by atoms with E-state index in [1.165, 1.54) is 25.0 Å². The van der Waals surface area contributed by atoms with Gasteiger partial charge in [0.1, 0.15) is 28.9 Å². The maximum Gasteiger partial charge on any atom is 0.190 e. The molecule has 1 aromatic heterocycles. The SMILES string of the molecule is COc1cc(C2(N)NC(=N[C@H](C)C3CC3)C3=C(N2)C(c2ccc(F)cc2)CC3)ccc1-n1cnc(Cl)c1. The van der Waals surface area contributed by atoms with Crippen molar-refractivity contribution in [3.05, 3.63) is 88.4 Å².